The summed E-state index contributed by atoms with van der Waals surface area (Å²) in [6.07, 6.45) is 4.74. The Morgan fingerprint density at radius 1 is 1.02 bits per heavy atom. The fourth-order valence-electron chi connectivity index (χ4n) is 5.12. The fourth-order valence-corrected chi connectivity index (χ4v) is 6.51. The number of esters is 1. The highest BCUT2D eigenvalue weighted by molar-refractivity contribution is 7.89. The van der Waals surface area contributed by atoms with Crippen molar-refractivity contribution < 1.29 is 22.7 Å². The van der Waals surface area contributed by atoms with Gasteiger partial charge in [0.2, 0.25) is 10.0 Å². The standard InChI is InChI=1S/C29H25Cl2N3O5S/c30-23-16-24(31)25(40(32,37)38)15-22(23)29(36)39-17-26(35)34-28(19-10-5-2-6-11-19)21-13-7-12-20(27(21)33-34)14-18-8-3-1-4-9-18/h1-6,8-11,14-16,21,28H,7,12-13,17H2,(H2,32,37,38). The Labute approximate surface area is 242 Å². The lowest BCUT2D eigenvalue weighted by Crippen LogP contribution is -2.34. The van der Waals surface area contributed by atoms with Crippen molar-refractivity contribution in [2.45, 2.75) is 30.2 Å². The molecule has 2 unspecified atom stereocenters. The summed E-state index contributed by atoms with van der Waals surface area (Å²) in [5.41, 5.74) is 3.61. The van der Waals surface area contributed by atoms with E-state index in [9.17, 15) is 18.0 Å². The van der Waals surface area contributed by atoms with Crippen LogP contribution in [-0.4, -0.2) is 37.6 Å². The number of hydrazone groups is 1. The zero-order chi connectivity index (χ0) is 28.4. The number of fused-ring (bicyclic) bond motifs is 1. The summed E-state index contributed by atoms with van der Waals surface area (Å²) in [6, 6.07) is 21.2. The van der Waals surface area contributed by atoms with Crippen LogP contribution in [0.3, 0.4) is 0 Å². The molecule has 0 saturated heterocycles. The van der Waals surface area contributed by atoms with Gasteiger partial charge in [0, 0.05) is 5.92 Å². The minimum absolute atomic E-state index is 0.0196. The van der Waals surface area contributed by atoms with Gasteiger partial charge < -0.3 is 4.74 Å². The average molecular weight is 599 g/mol. The third-order valence-electron chi connectivity index (χ3n) is 6.91. The van der Waals surface area contributed by atoms with Gasteiger partial charge >= 0.3 is 5.97 Å². The average Bonchev–Trinajstić information content (AvgIpc) is 3.33. The Balaban J connectivity index is 1.42. The van der Waals surface area contributed by atoms with Crippen molar-refractivity contribution in [1.82, 2.24) is 5.01 Å². The largest absolute Gasteiger partial charge is 0.452 e. The Hall–Kier alpha value is -3.50. The summed E-state index contributed by atoms with van der Waals surface area (Å²) in [6.45, 7) is -0.632. The number of rotatable bonds is 6. The van der Waals surface area contributed by atoms with Crippen LogP contribution < -0.4 is 5.14 Å². The molecule has 1 saturated carbocycles. The van der Waals surface area contributed by atoms with E-state index in [0.717, 1.165) is 53.8 Å². The summed E-state index contributed by atoms with van der Waals surface area (Å²) >= 11 is 12.0. The van der Waals surface area contributed by atoms with Crippen LogP contribution in [0.5, 0.6) is 0 Å². The number of primary sulfonamides is 1. The van der Waals surface area contributed by atoms with Crippen LogP contribution in [0.25, 0.3) is 6.08 Å². The van der Waals surface area contributed by atoms with Gasteiger partial charge in [-0.3, -0.25) is 4.79 Å². The van der Waals surface area contributed by atoms with Crippen molar-refractivity contribution in [3.8, 4) is 0 Å². The molecule has 0 aromatic heterocycles. The van der Waals surface area contributed by atoms with Crippen LogP contribution in [0.2, 0.25) is 10.0 Å². The van der Waals surface area contributed by atoms with Crippen molar-refractivity contribution in [2.24, 2.45) is 16.2 Å². The Bertz CT molecular complexity index is 1630. The second-order valence-electron chi connectivity index (χ2n) is 9.54. The van der Waals surface area contributed by atoms with Crippen LogP contribution in [0, 0.1) is 5.92 Å². The monoisotopic (exact) mass is 597 g/mol. The molecule has 206 valence electrons. The fraction of sp³-hybridized carbons (Fsp3) is 0.207. The van der Waals surface area contributed by atoms with E-state index >= 15 is 0 Å². The first-order valence-corrected chi connectivity index (χ1v) is 14.8. The third-order valence-corrected chi connectivity index (χ3v) is 8.60. The van der Waals surface area contributed by atoms with E-state index < -0.39 is 33.4 Å². The van der Waals surface area contributed by atoms with Gasteiger partial charge in [0.25, 0.3) is 5.91 Å². The van der Waals surface area contributed by atoms with Crippen LogP contribution in [0.15, 0.2) is 88.4 Å². The lowest BCUT2D eigenvalue weighted by Gasteiger charge is -2.29. The van der Waals surface area contributed by atoms with Crippen molar-refractivity contribution >= 4 is 56.9 Å². The Morgan fingerprint density at radius 2 is 1.70 bits per heavy atom. The number of amides is 1. The zero-order valence-corrected chi connectivity index (χ0v) is 23.5. The van der Waals surface area contributed by atoms with Gasteiger partial charge in [-0.25, -0.2) is 23.4 Å². The van der Waals surface area contributed by atoms with Gasteiger partial charge in [-0.1, -0.05) is 83.9 Å². The number of halogens is 2. The maximum Gasteiger partial charge on any atom is 0.340 e. The molecule has 1 aliphatic heterocycles. The number of nitrogens with zero attached hydrogens (tertiary/aromatic N) is 2. The Kier molecular flexibility index (Phi) is 8.09. The van der Waals surface area contributed by atoms with Gasteiger partial charge in [-0.15, -0.1) is 0 Å². The number of allylic oxidation sites excluding steroid dienone is 1. The molecule has 11 heteroatoms. The molecule has 3 aromatic rings. The van der Waals surface area contributed by atoms with E-state index in [0.29, 0.717) is 0 Å². The number of sulfonamides is 1. The van der Waals surface area contributed by atoms with E-state index in [1.165, 1.54) is 5.01 Å². The molecular formula is C29H25Cl2N3O5S. The molecule has 0 spiro atoms. The van der Waals surface area contributed by atoms with Gasteiger partial charge in [0.1, 0.15) is 4.90 Å². The maximum atomic E-state index is 13.5. The minimum Gasteiger partial charge on any atom is -0.452 e. The maximum absolute atomic E-state index is 13.5. The molecule has 1 amide bonds. The smallest absolute Gasteiger partial charge is 0.340 e. The number of hydrogen-bond donors (Lipinski definition) is 1. The molecule has 1 fully saturated rings. The van der Waals surface area contributed by atoms with Crippen LogP contribution in [-0.2, 0) is 19.6 Å². The van der Waals surface area contributed by atoms with Crippen molar-refractivity contribution in [2.75, 3.05) is 6.61 Å². The molecule has 40 heavy (non-hydrogen) atoms. The number of nitrogens with two attached hydrogens (primary N) is 1. The van der Waals surface area contributed by atoms with Crippen LogP contribution in [0.4, 0.5) is 0 Å². The normalized spacial score (nSPS) is 19.7. The number of carbonyl (C=O) groups is 2. The second-order valence-corrected chi connectivity index (χ2v) is 11.9. The first kappa shape index (κ1) is 28.0. The summed E-state index contributed by atoms with van der Waals surface area (Å²) in [5.74, 6) is -1.54. The van der Waals surface area contributed by atoms with Gasteiger partial charge in [-0.2, -0.15) is 5.10 Å². The first-order chi connectivity index (χ1) is 19.1. The number of hydrogen-bond acceptors (Lipinski definition) is 6. The summed E-state index contributed by atoms with van der Waals surface area (Å²) in [4.78, 5) is 25.8. The van der Waals surface area contributed by atoms with E-state index in [1.807, 2.05) is 60.7 Å². The molecule has 5 rings (SSSR count). The quantitative estimate of drug-likeness (QED) is 0.370. The van der Waals surface area contributed by atoms with Gasteiger partial charge in [0.05, 0.1) is 27.4 Å². The van der Waals surface area contributed by atoms with Crippen molar-refractivity contribution in [1.29, 1.82) is 0 Å². The van der Waals surface area contributed by atoms with E-state index in [4.69, 9.17) is 38.2 Å². The lowest BCUT2D eigenvalue weighted by atomic mass is 9.77. The molecule has 2 atom stereocenters. The molecule has 2 N–H and O–H groups in total. The summed E-state index contributed by atoms with van der Waals surface area (Å²) in [5, 5.41) is 11.0. The summed E-state index contributed by atoms with van der Waals surface area (Å²) < 4.78 is 28.9. The highest BCUT2D eigenvalue weighted by atomic mass is 35.5. The van der Waals surface area contributed by atoms with E-state index in [2.05, 4.69) is 6.08 Å². The van der Waals surface area contributed by atoms with E-state index in [1.54, 1.807) is 0 Å². The van der Waals surface area contributed by atoms with E-state index in [-0.39, 0.29) is 27.6 Å². The summed E-state index contributed by atoms with van der Waals surface area (Å²) in [7, 11) is -4.23. The molecule has 0 radical (unpaired) electrons. The predicted octanol–water partition coefficient (Wildman–Crippen LogP) is 5.62. The highest BCUT2D eigenvalue weighted by Gasteiger charge is 2.43. The predicted molar refractivity (Wildman–Crippen MR) is 153 cm³/mol. The lowest BCUT2D eigenvalue weighted by molar-refractivity contribution is -0.137. The molecule has 1 aliphatic carbocycles. The van der Waals surface area contributed by atoms with Crippen LogP contribution in [0.1, 0.15) is 46.8 Å². The SMILES string of the molecule is NS(=O)(=O)c1cc(C(=O)OCC(=O)N2N=C3C(=Cc4ccccc4)CCCC3C2c2ccccc2)c(Cl)cc1Cl. The van der Waals surface area contributed by atoms with Crippen LogP contribution >= 0.6 is 23.2 Å². The highest BCUT2D eigenvalue weighted by Crippen LogP contribution is 2.44. The molecule has 3 aromatic carbocycles. The number of ether oxygens (including phenoxy) is 1. The second kappa shape index (κ2) is 11.5. The van der Waals surface area contributed by atoms with Crippen molar-refractivity contribution in [3.63, 3.8) is 0 Å². The minimum atomic E-state index is -4.23. The molecular weight excluding hydrogens is 573 g/mol. The number of carbonyl (C=O) groups excluding carboxylic acids is 2. The molecule has 1 heterocycles. The Morgan fingerprint density at radius 3 is 2.38 bits per heavy atom. The van der Waals surface area contributed by atoms with Gasteiger partial charge in [0.15, 0.2) is 6.61 Å². The number of benzene rings is 3. The van der Waals surface area contributed by atoms with Crippen molar-refractivity contribution in [3.05, 3.63) is 105 Å². The molecule has 8 nitrogen and oxygen atoms in total. The first-order valence-electron chi connectivity index (χ1n) is 12.5. The topological polar surface area (TPSA) is 119 Å². The molecule has 0 bridgehead atoms. The zero-order valence-electron chi connectivity index (χ0n) is 21.2. The molecule has 2 aliphatic rings. The van der Waals surface area contributed by atoms with Gasteiger partial charge in [-0.05, 0) is 54.2 Å². The third kappa shape index (κ3) is 5.83.